The van der Waals surface area contributed by atoms with Crippen LogP contribution in [0.3, 0.4) is 0 Å². The van der Waals surface area contributed by atoms with Gasteiger partial charge in [-0.1, -0.05) is 91.0 Å². The van der Waals surface area contributed by atoms with Crippen LogP contribution in [-0.4, -0.2) is 68.6 Å². The lowest BCUT2D eigenvalue weighted by Gasteiger charge is -2.42. The third-order valence-electron chi connectivity index (χ3n) is 8.38. The highest BCUT2D eigenvalue weighted by molar-refractivity contribution is 8.19. The SMILES string of the molecule is C[C@@H]1[C@@H](O)C2(SCCCS2)[C@H]2[C@H](OCc3ccccc3)[C@@H](OCc3ccccc3)[C@H](COCc3ccccc3)N12. The molecule has 0 aromatic heterocycles. The van der Waals surface area contributed by atoms with Crippen LogP contribution in [0.5, 0.6) is 0 Å². The Kier molecular flexibility index (Phi) is 9.19. The normalized spacial score (nSPS) is 29.6. The number of nitrogens with zero attached hydrogens (tertiary/aromatic N) is 1. The van der Waals surface area contributed by atoms with Gasteiger partial charge in [0, 0.05) is 6.04 Å². The van der Waals surface area contributed by atoms with Gasteiger partial charge in [-0.2, -0.15) is 0 Å². The number of ether oxygens (including phenoxy) is 3. The molecule has 0 aliphatic carbocycles. The predicted octanol–water partition coefficient (Wildman–Crippen LogP) is 5.76. The maximum absolute atomic E-state index is 11.8. The molecule has 3 aromatic rings. The lowest BCUT2D eigenvalue weighted by Crippen LogP contribution is -2.52. The molecule has 3 saturated heterocycles. The zero-order valence-corrected chi connectivity index (χ0v) is 24.6. The number of hydrogen-bond acceptors (Lipinski definition) is 7. The van der Waals surface area contributed by atoms with Gasteiger partial charge in [0.25, 0.3) is 0 Å². The summed E-state index contributed by atoms with van der Waals surface area (Å²) in [6, 6.07) is 31.0. The van der Waals surface area contributed by atoms with Crippen molar-refractivity contribution < 1.29 is 19.3 Å². The Balaban J connectivity index is 1.31. The first-order valence-corrected chi connectivity index (χ1v) is 16.3. The second-order valence-electron chi connectivity index (χ2n) is 10.9. The van der Waals surface area contributed by atoms with Gasteiger partial charge in [0.15, 0.2) is 0 Å². The van der Waals surface area contributed by atoms with Crippen LogP contribution in [0.25, 0.3) is 0 Å². The van der Waals surface area contributed by atoms with Gasteiger partial charge >= 0.3 is 0 Å². The van der Waals surface area contributed by atoms with Crippen LogP contribution in [0, 0.1) is 0 Å². The number of aliphatic hydroxyl groups is 1. The number of thioether (sulfide) groups is 2. The van der Waals surface area contributed by atoms with Gasteiger partial charge in [0.05, 0.1) is 44.6 Å². The van der Waals surface area contributed by atoms with Crippen molar-refractivity contribution in [2.45, 2.75) is 73.7 Å². The van der Waals surface area contributed by atoms with Gasteiger partial charge in [-0.15, -0.1) is 23.5 Å². The molecule has 1 spiro atoms. The van der Waals surface area contributed by atoms with Crippen LogP contribution in [-0.2, 0) is 34.0 Å². The quantitative estimate of drug-likeness (QED) is 0.329. The molecule has 0 radical (unpaired) electrons. The average Bonchev–Trinajstić information content (AvgIpc) is 3.42. The first-order valence-electron chi connectivity index (χ1n) is 14.3. The fourth-order valence-electron chi connectivity index (χ4n) is 6.49. The highest BCUT2D eigenvalue weighted by Gasteiger charge is 2.69. The molecule has 7 heteroatoms. The van der Waals surface area contributed by atoms with E-state index in [1.807, 2.05) is 53.9 Å². The first kappa shape index (κ1) is 28.3. The molecule has 3 fully saturated rings. The standard InChI is InChI=1S/C33H39NO4S2/c1-24-32(35)33(39-18-11-19-40-33)31-30(38-22-27-16-9-4-10-17-27)29(37-21-26-14-7-3-8-15-26)28(34(24)31)23-36-20-25-12-5-2-6-13-25/h2-10,12-17,24,28-32,35H,11,18-23H2,1H3/t24-,28+,29+,30-,31-,32-/m1/s1. The summed E-state index contributed by atoms with van der Waals surface area (Å²) in [5.74, 6) is 2.11. The van der Waals surface area contributed by atoms with Crippen LogP contribution in [0.15, 0.2) is 91.0 Å². The monoisotopic (exact) mass is 577 g/mol. The molecule has 0 saturated carbocycles. The number of aliphatic hydroxyl groups excluding tert-OH is 1. The molecule has 3 aliphatic heterocycles. The smallest absolute Gasteiger partial charge is 0.106 e. The van der Waals surface area contributed by atoms with Crippen molar-refractivity contribution in [1.82, 2.24) is 4.90 Å². The minimum atomic E-state index is -0.456. The molecular weight excluding hydrogens is 539 g/mol. The van der Waals surface area contributed by atoms with E-state index in [1.165, 1.54) is 0 Å². The largest absolute Gasteiger partial charge is 0.389 e. The van der Waals surface area contributed by atoms with E-state index in [1.54, 1.807) is 0 Å². The maximum atomic E-state index is 11.8. The van der Waals surface area contributed by atoms with Crippen molar-refractivity contribution in [3.05, 3.63) is 108 Å². The number of hydrogen-bond donors (Lipinski definition) is 1. The summed E-state index contributed by atoms with van der Waals surface area (Å²) in [5, 5.41) is 11.8. The molecule has 3 aromatic carbocycles. The van der Waals surface area contributed by atoms with Crippen LogP contribution < -0.4 is 0 Å². The van der Waals surface area contributed by atoms with E-state index in [0.29, 0.717) is 26.4 Å². The molecule has 1 N–H and O–H groups in total. The predicted molar refractivity (Wildman–Crippen MR) is 163 cm³/mol. The van der Waals surface area contributed by atoms with E-state index in [9.17, 15) is 5.11 Å². The number of benzene rings is 3. The minimum absolute atomic E-state index is 0.0163. The Morgan fingerprint density at radius 3 is 1.80 bits per heavy atom. The Morgan fingerprint density at radius 1 is 0.750 bits per heavy atom. The summed E-state index contributed by atoms with van der Waals surface area (Å²) in [6.45, 7) is 4.24. The second-order valence-corrected chi connectivity index (χ2v) is 13.9. The number of rotatable bonds is 10. The Morgan fingerprint density at radius 2 is 1.25 bits per heavy atom. The van der Waals surface area contributed by atoms with Gasteiger partial charge in [0.1, 0.15) is 16.3 Å². The maximum Gasteiger partial charge on any atom is 0.106 e. The van der Waals surface area contributed by atoms with E-state index in [2.05, 4.69) is 72.5 Å². The Labute approximate surface area is 246 Å². The van der Waals surface area contributed by atoms with E-state index in [4.69, 9.17) is 14.2 Å². The summed E-state index contributed by atoms with van der Waals surface area (Å²) in [4.78, 5) is 2.49. The molecule has 3 heterocycles. The highest BCUT2D eigenvalue weighted by Crippen LogP contribution is 2.59. The van der Waals surface area contributed by atoms with Gasteiger partial charge in [-0.3, -0.25) is 4.90 Å². The summed E-state index contributed by atoms with van der Waals surface area (Å²) in [5.41, 5.74) is 3.44. The highest BCUT2D eigenvalue weighted by atomic mass is 32.2. The Bertz CT molecular complexity index is 1190. The summed E-state index contributed by atoms with van der Waals surface area (Å²) in [7, 11) is 0. The topological polar surface area (TPSA) is 51.2 Å². The molecule has 0 amide bonds. The fraction of sp³-hybridized carbons (Fsp3) is 0.455. The molecule has 6 rings (SSSR count). The molecule has 3 aliphatic rings. The van der Waals surface area contributed by atoms with Crippen molar-refractivity contribution in [3.63, 3.8) is 0 Å². The third-order valence-corrected chi connectivity index (χ3v) is 11.9. The van der Waals surface area contributed by atoms with Crippen LogP contribution >= 0.6 is 23.5 Å². The van der Waals surface area contributed by atoms with Crippen molar-refractivity contribution in [1.29, 1.82) is 0 Å². The average molecular weight is 578 g/mol. The third kappa shape index (κ3) is 5.75. The second kappa shape index (κ2) is 13.0. The van der Waals surface area contributed by atoms with Gasteiger partial charge in [-0.25, -0.2) is 0 Å². The van der Waals surface area contributed by atoms with Crippen molar-refractivity contribution in [2.75, 3.05) is 18.1 Å². The molecule has 0 unspecified atom stereocenters. The van der Waals surface area contributed by atoms with Crippen molar-refractivity contribution in [3.8, 4) is 0 Å². The minimum Gasteiger partial charge on any atom is -0.389 e. The molecular formula is C33H39NO4S2. The van der Waals surface area contributed by atoms with Gasteiger partial charge < -0.3 is 19.3 Å². The molecule has 212 valence electrons. The summed E-state index contributed by atoms with van der Waals surface area (Å²) in [6.07, 6.45) is 0.312. The van der Waals surface area contributed by atoms with Crippen LogP contribution in [0.2, 0.25) is 0 Å². The summed E-state index contributed by atoms with van der Waals surface area (Å²) >= 11 is 3.84. The van der Waals surface area contributed by atoms with Gasteiger partial charge in [0.2, 0.25) is 0 Å². The molecule has 40 heavy (non-hydrogen) atoms. The van der Waals surface area contributed by atoms with E-state index < -0.39 is 6.10 Å². The van der Waals surface area contributed by atoms with E-state index in [0.717, 1.165) is 34.6 Å². The van der Waals surface area contributed by atoms with E-state index >= 15 is 0 Å². The zero-order chi connectivity index (χ0) is 27.4. The van der Waals surface area contributed by atoms with Crippen LogP contribution in [0.4, 0.5) is 0 Å². The van der Waals surface area contributed by atoms with Crippen LogP contribution in [0.1, 0.15) is 30.0 Å². The van der Waals surface area contributed by atoms with Gasteiger partial charge in [-0.05, 0) is 41.5 Å². The molecule has 6 atom stereocenters. The lowest BCUT2D eigenvalue weighted by molar-refractivity contribution is -0.0919. The molecule has 0 bridgehead atoms. The first-order chi connectivity index (χ1) is 19.7. The van der Waals surface area contributed by atoms with Crippen molar-refractivity contribution in [2.24, 2.45) is 0 Å². The Hall–Kier alpha value is -1.84. The number of fused-ring (bicyclic) bond motifs is 2. The summed E-state index contributed by atoms with van der Waals surface area (Å²) < 4.78 is 19.7. The zero-order valence-electron chi connectivity index (χ0n) is 23.0. The van der Waals surface area contributed by atoms with Crippen molar-refractivity contribution >= 4 is 23.5 Å². The molecule has 5 nitrogen and oxygen atoms in total. The van der Waals surface area contributed by atoms with E-state index in [-0.39, 0.29) is 34.4 Å². The fourth-order valence-corrected chi connectivity index (χ4v) is 10.3. The lowest BCUT2D eigenvalue weighted by atomic mass is 10.00.